The van der Waals surface area contributed by atoms with Gasteiger partial charge in [0, 0.05) is 45.5 Å². The molecule has 1 saturated heterocycles. The van der Waals surface area contributed by atoms with Crippen molar-refractivity contribution in [3.63, 3.8) is 0 Å². The van der Waals surface area contributed by atoms with E-state index >= 15 is 0 Å². The molecule has 26 heavy (non-hydrogen) atoms. The Kier molecular flexibility index (Phi) is 5.25. The monoisotopic (exact) mass is 383 g/mol. The Morgan fingerprint density at radius 3 is 2.50 bits per heavy atom. The molecule has 1 amide bonds. The first-order valence-corrected chi connectivity index (χ1v) is 10.5. The minimum absolute atomic E-state index is 0.217. The summed E-state index contributed by atoms with van der Waals surface area (Å²) in [4.78, 5) is 15.6. The van der Waals surface area contributed by atoms with Gasteiger partial charge in [0.15, 0.2) is 5.25 Å². The van der Waals surface area contributed by atoms with Gasteiger partial charge >= 0.3 is 0 Å². The Bertz CT molecular complexity index is 789. The van der Waals surface area contributed by atoms with Crippen LogP contribution in [0, 0.1) is 5.82 Å². The van der Waals surface area contributed by atoms with Gasteiger partial charge in [0.25, 0.3) is 0 Å². The van der Waals surface area contributed by atoms with E-state index < -0.39 is 21.2 Å². The summed E-state index contributed by atoms with van der Waals surface area (Å²) in [6.07, 6.45) is 2.23. The van der Waals surface area contributed by atoms with Gasteiger partial charge in [-0.25, -0.2) is 17.1 Å². The van der Waals surface area contributed by atoms with Crippen LogP contribution in [0.3, 0.4) is 0 Å². The number of carbonyl (C=O) groups is 1. The molecule has 2 aliphatic rings. The molecule has 0 N–H and O–H groups in total. The first-order valence-electron chi connectivity index (χ1n) is 8.97. The predicted octanol–water partition coefficient (Wildman–Crippen LogP) is 1.46. The van der Waals surface area contributed by atoms with Crippen LogP contribution >= 0.6 is 0 Å². The molecule has 0 aromatic heterocycles. The minimum atomic E-state index is -3.65. The van der Waals surface area contributed by atoms with Crippen LogP contribution in [0.1, 0.15) is 25.3 Å². The lowest BCUT2D eigenvalue weighted by atomic mass is 10.0. The Balaban J connectivity index is 1.66. The second kappa shape index (κ2) is 7.15. The highest BCUT2D eigenvalue weighted by molar-refractivity contribution is 7.90. The summed E-state index contributed by atoms with van der Waals surface area (Å²) in [7, 11) is -0.518. The number of benzene rings is 1. The van der Waals surface area contributed by atoms with Crippen molar-refractivity contribution < 1.29 is 17.6 Å². The van der Waals surface area contributed by atoms with E-state index in [0.717, 1.165) is 24.2 Å². The Labute approximate surface area is 154 Å². The first-order chi connectivity index (χ1) is 12.2. The maximum atomic E-state index is 13.4. The highest BCUT2D eigenvalue weighted by Crippen LogP contribution is 2.33. The highest BCUT2D eigenvalue weighted by Gasteiger charge is 2.38. The molecule has 0 radical (unpaired) electrons. The van der Waals surface area contributed by atoms with Gasteiger partial charge in [-0.2, -0.15) is 0 Å². The maximum absolute atomic E-state index is 13.4. The summed E-state index contributed by atoms with van der Waals surface area (Å²) < 4.78 is 40.3. The molecule has 0 spiro atoms. The lowest BCUT2D eigenvalue weighted by molar-refractivity contribution is -0.128. The van der Waals surface area contributed by atoms with Gasteiger partial charge in [-0.15, -0.1) is 0 Å². The molecule has 1 aromatic carbocycles. The van der Waals surface area contributed by atoms with Crippen molar-refractivity contribution in [1.82, 2.24) is 9.21 Å². The van der Waals surface area contributed by atoms with Gasteiger partial charge in [0.1, 0.15) is 5.82 Å². The van der Waals surface area contributed by atoms with Crippen molar-refractivity contribution >= 4 is 21.6 Å². The number of anilines is 1. The second-order valence-electron chi connectivity index (χ2n) is 7.27. The SMILES string of the molecule is CC(C(=O)N(C)C)S(=O)(=O)N1CCC(N2CCc3cc(F)ccc32)CC1. The Hall–Kier alpha value is -1.67. The van der Waals surface area contributed by atoms with Crippen LogP contribution in [0.25, 0.3) is 0 Å². The number of sulfonamides is 1. The van der Waals surface area contributed by atoms with E-state index in [-0.39, 0.29) is 11.9 Å². The zero-order chi connectivity index (χ0) is 19.1. The van der Waals surface area contributed by atoms with E-state index in [2.05, 4.69) is 4.90 Å². The fraction of sp³-hybridized carbons (Fsp3) is 0.611. The zero-order valence-electron chi connectivity index (χ0n) is 15.5. The van der Waals surface area contributed by atoms with Crippen molar-refractivity contribution in [2.75, 3.05) is 38.6 Å². The number of amides is 1. The van der Waals surface area contributed by atoms with Crippen molar-refractivity contribution in [2.45, 2.75) is 37.5 Å². The lowest BCUT2D eigenvalue weighted by Gasteiger charge is -2.38. The summed E-state index contributed by atoms with van der Waals surface area (Å²) in [5.74, 6) is -0.617. The van der Waals surface area contributed by atoms with E-state index in [4.69, 9.17) is 0 Å². The number of rotatable bonds is 4. The normalized spacial score (nSPS) is 20.1. The quantitative estimate of drug-likeness (QED) is 0.790. The third kappa shape index (κ3) is 3.44. The van der Waals surface area contributed by atoms with Crippen LogP contribution in [0.5, 0.6) is 0 Å². The van der Waals surface area contributed by atoms with E-state index in [1.54, 1.807) is 20.2 Å². The van der Waals surface area contributed by atoms with Crippen molar-refractivity contribution in [1.29, 1.82) is 0 Å². The van der Waals surface area contributed by atoms with Crippen LogP contribution in [0.2, 0.25) is 0 Å². The second-order valence-corrected chi connectivity index (χ2v) is 9.52. The van der Waals surface area contributed by atoms with Gasteiger partial charge in [-0.1, -0.05) is 0 Å². The standard InChI is InChI=1S/C18H26FN3O3S/c1-13(18(23)20(2)3)26(24,25)21-9-7-16(8-10-21)22-11-6-14-12-15(19)4-5-17(14)22/h4-5,12-13,16H,6-11H2,1-3H3. The molecule has 0 saturated carbocycles. The third-order valence-electron chi connectivity index (χ3n) is 5.43. The third-order valence-corrected chi connectivity index (χ3v) is 7.61. The van der Waals surface area contributed by atoms with E-state index in [0.29, 0.717) is 25.9 Å². The van der Waals surface area contributed by atoms with Gasteiger partial charge in [0.2, 0.25) is 15.9 Å². The van der Waals surface area contributed by atoms with Gasteiger partial charge < -0.3 is 9.80 Å². The number of piperidine rings is 1. The number of halogens is 1. The first kappa shape index (κ1) is 19.1. The molecule has 1 aromatic rings. The van der Waals surface area contributed by atoms with E-state index in [1.165, 1.54) is 22.2 Å². The molecule has 6 nitrogen and oxygen atoms in total. The average molecular weight is 383 g/mol. The molecule has 1 unspecified atom stereocenters. The molecule has 1 atom stereocenters. The zero-order valence-corrected chi connectivity index (χ0v) is 16.3. The van der Waals surface area contributed by atoms with E-state index in [9.17, 15) is 17.6 Å². The molecule has 2 aliphatic heterocycles. The highest BCUT2D eigenvalue weighted by atomic mass is 32.2. The van der Waals surface area contributed by atoms with E-state index in [1.807, 2.05) is 6.07 Å². The van der Waals surface area contributed by atoms with Crippen LogP contribution in [0.4, 0.5) is 10.1 Å². The van der Waals surface area contributed by atoms with Crippen LogP contribution in [-0.4, -0.2) is 68.6 Å². The van der Waals surface area contributed by atoms with Crippen molar-refractivity contribution in [3.05, 3.63) is 29.6 Å². The molecular weight excluding hydrogens is 357 g/mol. The summed E-state index contributed by atoms with van der Waals surface area (Å²) in [6, 6.07) is 5.13. The molecule has 1 fully saturated rings. The predicted molar refractivity (Wildman–Crippen MR) is 99.1 cm³/mol. The Morgan fingerprint density at radius 1 is 1.23 bits per heavy atom. The Morgan fingerprint density at radius 2 is 1.88 bits per heavy atom. The molecule has 8 heteroatoms. The largest absolute Gasteiger partial charge is 0.368 e. The van der Waals surface area contributed by atoms with Crippen LogP contribution in [0.15, 0.2) is 18.2 Å². The van der Waals surface area contributed by atoms with Crippen molar-refractivity contribution in [2.24, 2.45) is 0 Å². The summed E-state index contributed by atoms with van der Waals surface area (Å²) in [5, 5.41) is -1.07. The molecule has 0 aliphatic carbocycles. The fourth-order valence-electron chi connectivity index (χ4n) is 3.90. The smallest absolute Gasteiger partial charge is 0.241 e. The van der Waals surface area contributed by atoms with Gasteiger partial charge in [0.05, 0.1) is 0 Å². The summed E-state index contributed by atoms with van der Waals surface area (Å²) >= 11 is 0. The lowest BCUT2D eigenvalue weighted by Crippen LogP contribution is -2.51. The number of fused-ring (bicyclic) bond motifs is 1. The summed E-state index contributed by atoms with van der Waals surface area (Å²) in [6.45, 7) is 3.11. The topological polar surface area (TPSA) is 60.9 Å². The van der Waals surface area contributed by atoms with Gasteiger partial charge in [-0.3, -0.25) is 4.79 Å². The fourth-order valence-corrected chi connectivity index (χ4v) is 5.53. The van der Waals surface area contributed by atoms with Crippen molar-refractivity contribution in [3.8, 4) is 0 Å². The minimum Gasteiger partial charge on any atom is -0.368 e. The van der Waals surface area contributed by atoms with Crippen LogP contribution < -0.4 is 4.90 Å². The molecule has 2 heterocycles. The molecule has 144 valence electrons. The van der Waals surface area contributed by atoms with Crippen LogP contribution in [-0.2, 0) is 21.2 Å². The summed E-state index contributed by atoms with van der Waals surface area (Å²) in [5.41, 5.74) is 2.08. The average Bonchev–Trinajstić information content (AvgIpc) is 3.03. The molecule has 3 rings (SSSR count). The number of hydrogen-bond acceptors (Lipinski definition) is 4. The maximum Gasteiger partial charge on any atom is 0.241 e. The number of carbonyl (C=O) groups excluding carboxylic acids is 1. The molecule has 0 bridgehead atoms. The number of hydrogen-bond donors (Lipinski definition) is 0. The number of nitrogens with zero attached hydrogens (tertiary/aromatic N) is 3. The van der Waals surface area contributed by atoms with Gasteiger partial charge in [-0.05, 0) is 49.9 Å². The molecular formula is C18H26FN3O3S.